The Morgan fingerprint density at radius 1 is 1.39 bits per heavy atom. The molecule has 1 aromatic carbocycles. The maximum Gasteiger partial charge on any atom is 0.275 e. The standard InChI is InChI=1S/C11H14FNO5/c1-7-4-10(18-6-11(16-2)17-3)8(12)5-9(7)13(14)15/h4-5,11H,6H2,1-3H3. The largest absolute Gasteiger partial charge is 0.485 e. The molecule has 0 fully saturated rings. The number of nitro benzene ring substituents is 1. The van der Waals surface area contributed by atoms with Crippen molar-refractivity contribution in [1.82, 2.24) is 0 Å². The predicted octanol–water partition coefficient (Wildman–Crippen LogP) is 2.04. The van der Waals surface area contributed by atoms with E-state index in [1.165, 1.54) is 27.2 Å². The molecule has 0 saturated carbocycles. The van der Waals surface area contributed by atoms with E-state index in [1.807, 2.05) is 0 Å². The van der Waals surface area contributed by atoms with Crippen molar-refractivity contribution in [3.8, 4) is 5.75 Å². The summed E-state index contributed by atoms with van der Waals surface area (Å²) in [5.74, 6) is -0.865. The van der Waals surface area contributed by atoms with Gasteiger partial charge in [-0.05, 0) is 13.0 Å². The highest BCUT2D eigenvalue weighted by molar-refractivity contribution is 5.45. The molecule has 1 rings (SSSR count). The highest BCUT2D eigenvalue weighted by atomic mass is 19.1. The van der Waals surface area contributed by atoms with Gasteiger partial charge in [-0.3, -0.25) is 10.1 Å². The first-order chi connectivity index (χ1) is 8.49. The third-order valence-corrected chi connectivity index (χ3v) is 2.35. The number of nitrogens with zero attached hydrogens (tertiary/aromatic N) is 1. The lowest BCUT2D eigenvalue weighted by atomic mass is 10.2. The monoisotopic (exact) mass is 259 g/mol. The maximum absolute atomic E-state index is 13.5. The number of benzene rings is 1. The molecule has 7 heteroatoms. The predicted molar refractivity (Wildman–Crippen MR) is 61.1 cm³/mol. The summed E-state index contributed by atoms with van der Waals surface area (Å²) in [7, 11) is 2.85. The summed E-state index contributed by atoms with van der Waals surface area (Å²) in [6, 6.07) is 2.11. The van der Waals surface area contributed by atoms with Crippen molar-refractivity contribution in [3.63, 3.8) is 0 Å². The Kier molecular flexibility index (Phi) is 4.99. The van der Waals surface area contributed by atoms with Gasteiger partial charge in [0.2, 0.25) is 0 Å². The maximum atomic E-state index is 13.5. The summed E-state index contributed by atoms with van der Waals surface area (Å²) in [6.45, 7) is 1.50. The molecule has 0 aliphatic carbocycles. The number of hydrogen-bond acceptors (Lipinski definition) is 5. The summed E-state index contributed by atoms with van der Waals surface area (Å²) >= 11 is 0. The van der Waals surface area contributed by atoms with Crippen molar-refractivity contribution in [1.29, 1.82) is 0 Å². The Morgan fingerprint density at radius 3 is 2.50 bits per heavy atom. The Morgan fingerprint density at radius 2 is 2.00 bits per heavy atom. The van der Waals surface area contributed by atoms with Gasteiger partial charge < -0.3 is 14.2 Å². The van der Waals surface area contributed by atoms with Crippen molar-refractivity contribution in [3.05, 3.63) is 33.6 Å². The van der Waals surface area contributed by atoms with Gasteiger partial charge in [-0.2, -0.15) is 0 Å². The van der Waals surface area contributed by atoms with Crippen molar-refractivity contribution < 1.29 is 23.5 Å². The first-order valence-corrected chi connectivity index (χ1v) is 5.12. The van der Waals surface area contributed by atoms with E-state index in [-0.39, 0.29) is 18.0 Å². The van der Waals surface area contributed by atoms with Gasteiger partial charge in [0.05, 0.1) is 11.0 Å². The highest BCUT2D eigenvalue weighted by Gasteiger charge is 2.17. The molecule has 6 nitrogen and oxygen atoms in total. The molecule has 18 heavy (non-hydrogen) atoms. The fraction of sp³-hybridized carbons (Fsp3) is 0.455. The molecule has 0 aliphatic rings. The lowest BCUT2D eigenvalue weighted by molar-refractivity contribution is -0.385. The van der Waals surface area contributed by atoms with E-state index in [4.69, 9.17) is 14.2 Å². The third-order valence-electron chi connectivity index (χ3n) is 2.35. The molecule has 0 unspecified atom stereocenters. The fourth-order valence-corrected chi connectivity index (χ4v) is 1.34. The van der Waals surface area contributed by atoms with E-state index in [1.54, 1.807) is 0 Å². The van der Waals surface area contributed by atoms with E-state index in [9.17, 15) is 14.5 Å². The van der Waals surface area contributed by atoms with Crippen molar-refractivity contribution in [2.45, 2.75) is 13.2 Å². The zero-order valence-corrected chi connectivity index (χ0v) is 10.3. The Bertz CT molecular complexity index is 434. The van der Waals surface area contributed by atoms with E-state index >= 15 is 0 Å². The second-order valence-corrected chi connectivity index (χ2v) is 3.54. The molecule has 0 amide bonds. The van der Waals surface area contributed by atoms with Crippen molar-refractivity contribution >= 4 is 5.69 Å². The summed E-state index contributed by atoms with van der Waals surface area (Å²) in [5, 5.41) is 10.6. The van der Waals surface area contributed by atoms with Gasteiger partial charge >= 0.3 is 0 Å². The van der Waals surface area contributed by atoms with Crippen LogP contribution in [-0.2, 0) is 9.47 Å². The molecule has 1 aromatic rings. The van der Waals surface area contributed by atoms with Gasteiger partial charge in [0.1, 0.15) is 6.61 Å². The SMILES string of the molecule is COC(COc1cc(C)c([N+](=O)[O-])cc1F)OC. The number of aryl methyl sites for hydroxylation is 1. The number of methoxy groups -OCH3 is 2. The van der Waals surface area contributed by atoms with Crippen LogP contribution in [0.3, 0.4) is 0 Å². The van der Waals surface area contributed by atoms with Gasteiger partial charge in [-0.25, -0.2) is 4.39 Å². The fourth-order valence-electron chi connectivity index (χ4n) is 1.34. The topological polar surface area (TPSA) is 70.8 Å². The number of ether oxygens (including phenoxy) is 3. The van der Waals surface area contributed by atoms with Crippen LogP contribution in [0.2, 0.25) is 0 Å². The summed E-state index contributed by atoms with van der Waals surface area (Å²) in [4.78, 5) is 9.96. The molecule has 0 atom stereocenters. The molecular weight excluding hydrogens is 245 g/mol. The van der Waals surface area contributed by atoms with Crippen LogP contribution < -0.4 is 4.74 Å². The highest BCUT2D eigenvalue weighted by Crippen LogP contribution is 2.27. The second-order valence-electron chi connectivity index (χ2n) is 3.54. The third kappa shape index (κ3) is 3.38. The number of rotatable bonds is 6. The lowest BCUT2D eigenvalue weighted by Crippen LogP contribution is -2.22. The minimum absolute atomic E-state index is 0.0127. The first kappa shape index (κ1) is 14.3. The molecule has 0 radical (unpaired) electrons. The Labute approximate surface area is 103 Å². The number of halogens is 1. The van der Waals surface area contributed by atoms with Crippen LogP contribution in [-0.4, -0.2) is 32.0 Å². The molecule has 0 aliphatic heterocycles. The van der Waals surface area contributed by atoms with Gasteiger partial charge in [0.15, 0.2) is 17.9 Å². The smallest absolute Gasteiger partial charge is 0.275 e. The number of nitro groups is 1. The van der Waals surface area contributed by atoms with E-state index in [2.05, 4.69) is 0 Å². The van der Waals surface area contributed by atoms with E-state index < -0.39 is 17.0 Å². The molecule has 0 bridgehead atoms. The normalized spacial score (nSPS) is 10.7. The summed E-state index contributed by atoms with van der Waals surface area (Å²) in [6.07, 6.45) is -0.625. The lowest BCUT2D eigenvalue weighted by Gasteiger charge is -2.15. The van der Waals surface area contributed by atoms with Crippen LogP contribution in [0.25, 0.3) is 0 Å². The molecule has 0 spiro atoms. The first-order valence-electron chi connectivity index (χ1n) is 5.12. The summed E-state index contributed by atoms with van der Waals surface area (Å²) in [5.41, 5.74) is 0.0395. The average Bonchev–Trinajstić information content (AvgIpc) is 2.33. The molecular formula is C11H14FNO5. The Hall–Kier alpha value is -1.73. The zero-order chi connectivity index (χ0) is 13.7. The van der Waals surface area contributed by atoms with Gasteiger partial charge in [-0.1, -0.05) is 0 Å². The van der Waals surface area contributed by atoms with E-state index in [0.717, 1.165) is 6.07 Å². The van der Waals surface area contributed by atoms with Crippen LogP contribution in [0.15, 0.2) is 12.1 Å². The summed E-state index contributed by atoms with van der Waals surface area (Å²) < 4.78 is 28.4. The molecule has 0 aromatic heterocycles. The van der Waals surface area contributed by atoms with Gasteiger partial charge in [0.25, 0.3) is 5.69 Å². The van der Waals surface area contributed by atoms with Gasteiger partial charge in [0, 0.05) is 19.8 Å². The number of hydrogen-bond donors (Lipinski definition) is 0. The average molecular weight is 259 g/mol. The zero-order valence-electron chi connectivity index (χ0n) is 10.3. The molecule has 0 N–H and O–H groups in total. The molecule has 0 saturated heterocycles. The minimum atomic E-state index is -0.793. The van der Waals surface area contributed by atoms with Crippen molar-refractivity contribution in [2.24, 2.45) is 0 Å². The minimum Gasteiger partial charge on any atom is -0.485 e. The van der Waals surface area contributed by atoms with Crippen LogP contribution in [0.5, 0.6) is 5.75 Å². The molecule has 100 valence electrons. The van der Waals surface area contributed by atoms with Crippen LogP contribution in [0.1, 0.15) is 5.56 Å². The molecule has 0 heterocycles. The second kappa shape index (κ2) is 6.27. The van der Waals surface area contributed by atoms with Crippen LogP contribution in [0, 0.1) is 22.9 Å². The van der Waals surface area contributed by atoms with Crippen LogP contribution >= 0.6 is 0 Å². The van der Waals surface area contributed by atoms with Crippen LogP contribution in [0.4, 0.5) is 10.1 Å². The van der Waals surface area contributed by atoms with Gasteiger partial charge in [-0.15, -0.1) is 0 Å². The quantitative estimate of drug-likeness (QED) is 0.444. The van der Waals surface area contributed by atoms with E-state index in [0.29, 0.717) is 5.56 Å². The van der Waals surface area contributed by atoms with Crippen molar-refractivity contribution in [2.75, 3.05) is 20.8 Å². The Balaban J connectivity index is 2.85.